The summed E-state index contributed by atoms with van der Waals surface area (Å²) in [6, 6.07) is 0. The van der Waals surface area contributed by atoms with Gasteiger partial charge in [-0.1, -0.05) is 6.92 Å². The molecule has 0 aromatic heterocycles. The second-order valence-electron chi connectivity index (χ2n) is 5.49. The van der Waals surface area contributed by atoms with Gasteiger partial charge in [0, 0.05) is 6.54 Å². The van der Waals surface area contributed by atoms with Crippen LogP contribution in [0.5, 0.6) is 0 Å². The van der Waals surface area contributed by atoms with E-state index in [-0.39, 0.29) is 11.4 Å². The Kier molecular flexibility index (Phi) is 5.41. The van der Waals surface area contributed by atoms with E-state index < -0.39 is 10.0 Å². The third-order valence-electron chi connectivity index (χ3n) is 3.77. The molecule has 0 amide bonds. The normalized spacial score (nSPS) is 28.3. The summed E-state index contributed by atoms with van der Waals surface area (Å²) in [5.74, 6) is 0.879. The summed E-state index contributed by atoms with van der Waals surface area (Å²) >= 11 is 0. The second-order valence-corrected chi connectivity index (χ2v) is 7.81. The average Bonchev–Trinajstić information content (AvgIpc) is 2.27. The maximum absolute atomic E-state index is 11.6. The van der Waals surface area contributed by atoms with Crippen molar-refractivity contribution in [2.24, 2.45) is 11.8 Å². The van der Waals surface area contributed by atoms with Crippen molar-refractivity contribution in [2.75, 3.05) is 6.54 Å². The van der Waals surface area contributed by atoms with Crippen molar-refractivity contribution in [3.05, 3.63) is 0 Å². The summed E-state index contributed by atoms with van der Waals surface area (Å²) < 4.78 is 25.9. The molecule has 5 heteroatoms. The van der Waals surface area contributed by atoms with Gasteiger partial charge in [0.05, 0.1) is 11.4 Å². The molecular formula is C12H25NO3S. The number of nitrogens with one attached hydrogen (secondary N) is 1. The first-order chi connectivity index (χ1) is 7.83. The number of hydrogen-bond acceptors (Lipinski definition) is 3. The number of aliphatic hydroxyl groups excluding tert-OH is 1. The molecule has 1 unspecified atom stereocenters. The topological polar surface area (TPSA) is 66.4 Å². The number of rotatable bonds is 5. The van der Waals surface area contributed by atoms with E-state index in [0.717, 1.165) is 25.7 Å². The van der Waals surface area contributed by atoms with Crippen molar-refractivity contribution in [3.63, 3.8) is 0 Å². The van der Waals surface area contributed by atoms with Crippen molar-refractivity contribution in [1.29, 1.82) is 0 Å². The first kappa shape index (κ1) is 14.9. The fourth-order valence-corrected chi connectivity index (χ4v) is 3.08. The zero-order valence-electron chi connectivity index (χ0n) is 11.0. The minimum atomic E-state index is -3.14. The van der Waals surface area contributed by atoms with Crippen LogP contribution in [0.25, 0.3) is 0 Å². The number of sulfonamides is 1. The molecule has 0 aliphatic heterocycles. The van der Waals surface area contributed by atoms with E-state index in [0.29, 0.717) is 18.4 Å². The van der Waals surface area contributed by atoms with Gasteiger partial charge >= 0.3 is 0 Å². The Morgan fingerprint density at radius 2 is 1.71 bits per heavy atom. The van der Waals surface area contributed by atoms with Gasteiger partial charge in [0.2, 0.25) is 10.0 Å². The Balaban J connectivity index is 2.37. The molecule has 0 radical (unpaired) electrons. The lowest BCUT2D eigenvalue weighted by atomic mass is 9.80. The molecule has 1 rings (SSSR count). The van der Waals surface area contributed by atoms with E-state index in [1.165, 1.54) is 0 Å². The fourth-order valence-electron chi connectivity index (χ4n) is 2.25. The van der Waals surface area contributed by atoms with Crippen molar-refractivity contribution in [3.8, 4) is 0 Å². The van der Waals surface area contributed by atoms with Crippen LogP contribution in [0.4, 0.5) is 0 Å². The highest BCUT2D eigenvalue weighted by atomic mass is 32.2. The van der Waals surface area contributed by atoms with Gasteiger partial charge in [-0.15, -0.1) is 0 Å². The van der Waals surface area contributed by atoms with E-state index in [1.54, 1.807) is 13.8 Å². The first-order valence-corrected chi connectivity index (χ1v) is 8.04. The second kappa shape index (κ2) is 6.16. The Morgan fingerprint density at radius 3 is 2.18 bits per heavy atom. The molecule has 0 aromatic carbocycles. The summed E-state index contributed by atoms with van der Waals surface area (Å²) in [5.41, 5.74) is 0. The molecule has 0 bridgehead atoms. The van der Waals surface area contributed by atoms with Crippen LogP contribution in [-0.2, 0) is 10.0 Å². The van der Waals surface area contributed by atoms with Crippen LogP contribution in [0.1, 0.15) is 46.5 Å². The van der Waals surface area contributed by atoms with Crippen molar-refractivity contribution < 1.29 is 13.5 Å². The van der Waals surface area contributed by atoms with Crippen LogP contribution < -0.4 is 4.72 Å². The Labute approximate surface area is 105 Å². The van der Waals surface area contributed by atoms with Crippen LogP contribution >= 0.6 is 0 Å². The maximum Gasteiger partial charge on any atom is 0.213 e. The maximum atomic E-state index is 11.6. The molecule has 1 fully saturated rings. The zero-order valence-corrected chi connectivity index (χ0v) is 11.8. The van der Waals surface area contributed by atoms with Crippen molar-refractivity contribution in [2.45, 2.75) is 57.8 Å². The smallest absolute Gasteiger partial charge is 0.213 e. The highest BCUT2D eigenvalue weighted by Gasteiger charge is 2.25. The minimum absolute atomic E-state index is 0.147. The molecule has 102 valence electrons. The van der Waals surface area contributed by atoms with Gasteiger partial charge in [0.1, 0.15) is 0 Å². The molecule has 0 heterocycles. The molecule has 0 spiro atoms. The summed E-state index contributed by atoms with van der Waals surface area (Å²) in [5, 5.41) is 9.06. The standard InChI is InChI=1S/C12H25NO3S/c1-9(2)17(15,16)13-8-10(3)11-4-6-12(14)7-5-11/h9-14H,4-8H2,1-3H3. The summed E-state index contributed by atoms with van der Waals surface area (Å²) in [4.78, 5) is 0. The molecular weight excluding hydrogens is 238 g/mol. The third-order valence-corrected chi connectivity index (χ3v) is 5.58. The molecule has 0 aromatic rings. The highest BCUT2D eigenvalue weighted by Crippen LogP contribution is 2.29. The lowest BCUT2D eigenvalue weighted by Gasteiger charge is -2.30. The van der Waals surface area contributed by atoms with Crippen molar-refractivity contribution in [1.82, 2.24) is 4.72 Å². The molecule has 0 saturated heterocycles. The van der Waals surface area contributed by atoms with Gasteiger partial charge in [0.15, 0.2) is 0 Å². The average molecular weight is 263 g/mol. The Hall–Kier alpha value is -0.130. The monoisotopic (exact) mass is 263 g/mol. The SMILES string of the molecule is CC(CNS(=O)(=O)C(C)C)C1CCC(O)CC1. The van der Waals surface area contributed by atoms with Crippen molar-refractivity contribution >= 4 is 10.0 Å². The van der Waals surface area contributed by atoms with E-state index in [2.05, 4.69) is 11.6 Å². The van der Waals surface area contributed by atoms with E-state index in [1.807, 2.05) is 0 Å². The zero-order chi connectivity index (χ0) is 13.1. The molecule has 17 heavy (non-hydrogen) atoms. The van der Waals surface area contributed by atoms with Crippen LogP contribution in [-0.4, -0.2) is 31.4 Å². The Morgan fingerprint density at radius 1 is 1.18 bits per heavy atom. The van der Waals surface area contributed by atoms with Gasteiger partial charge in [0.25, 0.3) is 0 Å². The Bertz CT molecular complexity index is 319. The molecule has 1 aliphatic rings. The molecule has 4 nitrogen and oxygen atoms in total. The largest absolute Gasteiger partial charge is 0.393 e. The number of hydrogen-bond donors (Lipinski definition) is 2. The van der Waals surface area contributed by atoms with E-state index >= 15 is 0 Å². The lowest BCUT2D eigenvalue weighted by molar-refractivity contribution is 0.0943. The van der Waals surface area contributed by atoms with Crippen LogP contribution in [0.2, 0.25) is 0 Å². The van der Waals surface area contributed by atoms with Gasteiger partial charge in [-0.2, -0.15) is 0 Å². The molecule has 1 aliphatic carbocycles. The first-order valence-electron chi connectivity index (χ1n) is 6.49. The fraction of sp³-hybridized carbons (Fsp3) is 1.00. The third kappa shape index (κ3) is 4.56. The predicted molar refractivity (Wildman–Crippen MR) is 69.2 cm³/mol. The van der Waals surface area contributed by atoms with Gasteiger partial charge in [-0.05, 0) is 51.4 Å². The lowest BCUT2D eigenvalue weighted by Crippen LogP contribution is -2.36. The van der Waals surface area contributed by atoms with Gasteiger partial charge in [-0.3, -0.25) is 0 Å². The van der Waals surface area contributed by atoms with E-state index in [9.17, 15) is 13.5 Å². The predicted octanol–water partition coefficient (Wildman–Crippen LogP) is 1.50. The minimum Gasteiger partial charge on any atom is -0.393 e. The number of aliphatic hydroxyl groups is 1. The molecule has 1 atom stereocenters. The van der Waals surface area contributed by atoms with Crippen LogP contribution in [0.3, 0.4) is 0 Å². The quantitative estimate of drug-likeness (QED) is 0.790. The van der Waals surface area contributed by atoms with Crippen LogP contribution in [0.15, 0.2) is 0 Å². The summed E-state index contributed by atoms with van der Waals surface area (Å²) in [6.45, 7) is 5.97. The molecule has 2 N–H and O–H groups in total. The summed E-state index contributed by atoms with van der Waals surface area (Å²) in [7, 11) is -3.14. The summed E-state index contributed by atoms with van der Waals surface area (Å²) in [6.07, 6.45) is 3.57. The van der Waals surface area contributed by atoms with Gasteiger partial charge < -0.3 is 5.11 Å². The molecule has 1 saturated carbocycles. The van der Waals surface area contributed by atoms with Crippen LogP contribution in [0, 0.1) is 11.8 Å². The van der Waals surface area contributed by atoms with Gasteiger partial charge in [-0.25, -0.2) is 13.1 Å². The highest BCUT2D eigenvalue weighted by molar-refractivity contribution is 7.90. The van der Waals surface area contributed by atoms with E-state index in [4.69, 9.17) is 0 Å².